The molecule has 1 unspecified atom stereocenters. The van der Waals surface area contributed by atoms with E-state index in [1.165, 1.54) is 0 Å². The van der Waals surface area contributed by atoms with Gasteiger partial charge in [0.25, 0.3) is 5.54 Å². The molecule has 0 aliphatic carbocycles. The van der Waals surface area contributed by atoms with Crippen LogP contribution < -0.4 is 9.47 Å². The molecule has 0 radical (unpaired) electrons. The lowest BCUT2D eigenvalue weighted by Gasteiger charge is -2.30. The van der Waals surface area contributed by atoms with Crippen LogP contribution in [0.4, 0.5) is 4.79 Å². The van der Waals surface area contributed by atoms with Crippen molar-refractivity contribution in [1.82, 2.24) is 5.06 Å². The van der Waals surface area contributed by atoms with Gasteiger partial charge in [-0.05, 0) is 37.1 Å². The fraction of sp³-hybridized carbons (Fsp3) is 0.375. The summed E-state index contributed by atoms with van der Waals surface area (Å²) < 4.78 is 26.5. The highest BCUT2D eigenvalue weighted by Gasteiger charge is 2.64. The highest BCUT2D eigenvalue weighted by atomic mass is 16.8. The number of hydroxylamine groups is 2. The van der Waals surface area contributed by atoms with Gasteiger partial charge in [-0.25, -0.2) is 14.4 Å². The fourth-order valence-corrected chi connectivity index (χ4v) is 3.79. The van der Waals surface area contributed by atoms with E-state index in [-0.39, 0.29) is 33.0 Å². The molecular weight excluding hydrogens is 446 g/mol. The number of carbonyl (C=O) groups excluding carboxylic acids is 3. The van der Waals surface area contributed by atoms with Crippen LogP contribution in [0.25, 0.3) is 0 Å². The zero-order valence-corrected chi connectivity index (χ0v) is 18.9. The first kappa shape index (κ1) is 23.4. The molecule has 1 saturated heterocycles. The molecule has 10 heteroatoms. The Labute approximate surface area is 196 Å². The summed E-state index contributed by atoms with van der Waals surface area (Å²) in [6.45, 7) is 3.16. The van der Waals surface area contributed by atoms with Gasteiger partial charge in [0, 0.05) is 6.42 Å². The molecule has 1 amide bonds. The van der Waals surface area contributed by atoms with Gasteiger partial charge < -0.3 is 23.7 Å². The second-order valence-corrected chi connectivity index (χ2v) is 7.55. The van der Waals surface area contributed by atoms with Gasteiger partial charge in [0.15, 0.2) is 11.5 Å². The van der Waals surface area contributed by atoms with Crippen LogP contribution in [0, 0.1) is 0 Å². The SMILES string of the molecule is CCOC(=O)C1(C(=O)OCC)CC(c2ccc3c(c2)OCO3)ON1C(=O)OCc1ccccc1. The maximum atomic E-state index is 13.1. The maximum Gasteiger partial charge on any atom is 0.435 e. The number of carbonyl (C=O) groups is 3. The molecule has 34 heavy (non-hydrogen) atoms. The predicted molar refractivity (Wildman–Crippen MR) is 115 cm³/mol. The van der Waals surface area contributed by atoms with E-state index < -0.39 is 29.7 Å². The van der Waals surface area contributed by atoms with E-state index in [0.717, 1.165) is 5.56 Å². The molecular formula is C24H25NO9. The lowest BCUT2D eigenvalue weighted by atomic mass is 9.90. The highest BCUT2D eigenvalue weighted by Crippen LogP contribution is 2.45. The molecule has 180 valence electrons. The number of amides is 1. The predicted octanol–water partition coefficient (Wildman–Crippen LogP) is 3.30. The van der Waals surface area contributed by atoms with Crippen LogP contribution in [-0.4, -0.2) is 48.6 Å². The van der Waals surface area contributed by atoms with Crippen LogP contribution in [0.5, 0.6) is 11.5 Å². The third kappa shape index (κ3) is 4.36. The van der Waals surface area contributed by atoms with Crippen LogP contribution in [0.1, 0.15) is 37.5 Å². The van der Waals surface area contributed by atoms with Crippen molar-refractivity contribution < 1.29 is 42.9 Å². The Kier molecular flexibility index (Phi) is 6.87. The molecule has 10 nitrogen and oxygen atoms in total. The largest absolute Gasteiger partial charge is 0.464 e. The molecule has 1 fully saturated rings. The van der Waals surface area contributed by atoms with Gasteiger partial charge in [0.1, 0.15) is 12.7 Å². The number of hydrogen-bond donors (Lipinski definition) is 0. The number of ether oxygens (including phenoxy) is 5. The van der Waals surface area contributed by atoms with E-state index in [1.54, 1.807) is 56.3 Å². The molecule has 2 aliphatic rings. The van der Waals surface area contributed by atoms with E-state index in [0.29, 0.717) is 22.1 Å². The molecule has 2 aromatic carbocycles. The lowest BCUT2D eigenvalue weighted by Crippen LogP contribution is -2.59. The summed E-state index contributed by atoms with van der Waals surface area (Å²) in [5, 5.41) is 0.640. The quantitative estimate of drug-likeness (QED) is 0.341. The minimum Gasteiger partial charge on any atom is -0.464 e. The maximum absolute atomic E-state index is 13.1. The molecule has 0 saturated carbocycles. The van der Waals surface area contributed by atoms with E-state index in [4.69, 9.17) is 28.5 Å². The topological polar surface area (TPSA) is 110 Å². The first-order chi connectivity index (χ1) is 16.5. The molecule has 2 aromatic rings. The molecule has 2 aliphatic heterocycles. The van der Waals surface area contributed by atoms with Crippen molar-refractivity contribution in [1.29, 1.82) is 0 Å². The highest BCUT2D eigenvalue weighted by molar-refractivity contribution is 6.07. The average Bonchev–Trinajstić information content (AvgIpc) is 3.49. The van der Waals surface area contributed by atoms with E-state index in [9.17, 15) is 14.4 Å². The van der Waals surface area contributed by atoms with Crippen molar-refractivity contribution >= 4 is 18.0 Å². The first-order valence-electron chi connectivity index (χ1n) is 10.9. The molecule has 0 N–H and O–H groups in total. The van der Waals surface area contributed by atoms with E-state index in [1.807, 2.05) is 6.07 Å². The molecule has 0 bridgehead atoms. The summed E-state index contributed by atoms with van der Waals surface area (Å²) in [6.07, 6.45) is -2.12. The molecule has 4 rings (SSSR count). The van der Waals surface area contributed by atoms with Gasteiger partial charge in [-0.15, -0.1) is 0 Å². The second-order valence-electron chi connectivity index (χ2n) is 7.55. The molecule has 0 aromatic heterocycles. The van der Waals surface area contributed by atoms with Crippen molar-refractivity contribution in [2.24, 2.45) is 0 Å². The smallest absolute Gasteiger partial charge is 0.435 e. The van der Waals surface area contributed by atoms with Crippen LogP contribution in [-0.2, 0) is 35.2 Å². The summed E-state index contributed by atoms with van der Waals surface area (Å²) in [5.74, 6) is -0.881. The van der Waals surface area contributed by atoms with Crippen LogP contribution in [0.2, 0.25) is 0 Å². The normalized spacial score (nSPS) is 17.8. The van der Waals surface area contributed by atoms with Crippen molar-refractivity contribution in [3.05, 3.63) is 59.7 Å². The Balaban J connectivity index is 1.67. The van der Waals surface area contributed by atoms with Gasteiger partial charge in [0.2, 0.25) is 6.79 Å². The third-order valence-corrected chi connectivity index (χ3v) is 5.43. The Morgan fingerprint density at radius 3 is 2.29 bits per heavy atom. The van der Waals surface area contributed by atoms with E-state index >= 15 is 0 Å². The average molecular weight is 471 g/mol. The zero-order valence-electron chi connectivity index (χ0n) is 18.9. The second kappa shape index (κ2) is 10.0. The summed E-state index contributed by atoms with van der Waals surface area (Å²) in [6, 6.07) is 14.0. The van der Waals surface area contributed by atoms with E-state index in [2.05, 4.69) is 0 Å². The summed E-state index contributed by atoms with van der Waals surface area (Å²) in [7, 11) is 0. The van der Waals surface area contributed by atoms with Crippen molar-refractivity contribution in [2.75, 3.05) is 20.0 Å². The number of nitrogens with zero attached hydrogens (tertiary/aromatic N) is 1. The van der Waals surface area contributed by atoms with Crippen LogP contribution >= 0.6 is 0 Å². The van der Waals surface area contributed by atoms with Gasteiger partial charge in [0.05, 0.1) is 13.2 Å². The van der Waals surface area contributed by atoms with Crippen molar-refractivity contribution in [3.63, 3.8) is 0 Å². The number of hydrogen-bond acceptors (Lipinski definition) is 9. The summed E-state index contributed by atoms with van der Waals surface area (Å²) in [4.78, 5) is 45.3. The lowest BCUT2D eigenvalue weighted by molar-refractivity contribution is -0.201. The third-order valence-electron chi connectivity index (χ3n) is 5.43. The molecule has 2 heterocycles. The molecule has 0 spiro atoms. The zero-order chi connectivity index (χ0) is 24.1. The van der Waals surface area contributed by atoms with Crippen molar-refractivity contribution in [2.45, 2.75) is 38.5 Å². The Morgan fingerprint density at radius 1 is 0.941 bits per heavy atom. The number of rotatable bonds is 7. The summed E-state index contributed by atoms with van der Waals surface area (Å²) >= 11 is 0. The minimum absolute atomic E-state index is 0.0123. The Hall–Kier alpha value is -3.79. The van der Waals surface area contributed by atoms with Crippen LogP contribution in [0.15, 0.2) is 48.5 Å². The standard InChI is InChI=1S/C24H25NO9/c1-3-29-21(26)24(22(27)30-4-2)13-20(17-10-11-18-19(12-17)33-15-32-18)34-25(24)23(28)31-14-16-8-6-5-7-9-16/h5-12,20H,3-4,13-15H2,1-2H3. The summed E-state index contributed by atoms with van der Waals surface area (Å²) in [5.41, 5.74) is -0.887. The molecule has 1 atom stereocenters. The van der Waals surface area contributed by atoms with Gasteiger partial charge in [-0.1, -0.05) is 36.4 Å². The number of benzene rings is 2. The van der Waals surface area contributed by atoms with Gasteiger partial charge >= 0.3 is 18.0 Å². The minimum atomic E-state index is -2.18. The Morgan fingerprint density at radius 2 is 1.62 bits per heavy atom. The first-order valence-corrected chi connectivity index (χ1v) is 10.9. The monoisotopic (exact) mass is 471 g/mol. The van der Waals surface area contributed by atoms with Crippen molar-refractivity contribution in [3.8, 4) is 11.5 Å². The number of esters is 2. The van der Waals surface area contributed by atoms with Gasteiger partial charge in [-0.2, -0.15) is 5.06 Å². The van der Waals surface area contributed by atoms with Crippen LogP contribution in [0.3, 0.4) is 0 Å². The fourth-order valence-electron chi connectivity index (χ4n) is 3.79. The Bertz CT molecular complexity index is 1040. The number of fused-ring (bicyclic) bond motifs is 1. The van der Waals surface area contributed by atoms with Gasteiger partial charge in [-0.3, -0.25) is 4.84 Å².